The van der Waals surface area contributed by atoms with Gasteiger partial charge in [-0.25, -0.2) is 9.36 Å². The van der Waals surface area contributed by atoms with Crippen LogP contribution in [0.25, 0.3) is 22.0 Å². The van der Waals surface area contributed by atoms with Crippen LogP contribution in [0.1, 0.15) is 95.8 Å². The molecule has 1 amide bonds. The van der Waals surface area contributed by atoms with E-state index in [1.165, 1.54) is 0 Å². The second-order valence-corrected chi connectivity index (χ2v) is 20.8. The number of nitrogens with zero attached hydrogens (tertiary/aromatic N) is 7. The van der Waals surface area contributed by atoms with E-state index in [-0.39, 0.29) is 12.1 Å². The molecular formula is C37H52IN7O3Si. The number of hydrogen-bond acceptors (Lipinski definition) is 6. The van der Waals surface area contributed by atoms with Crippen LogP contribution in [0.5, 0.6) is 5.88 Å². The van der Waals surface area contributed by atoms with E-state index in [0.717, 1.165) is 69.3 Å². The summed E-state index contributed by atoms with van der Waals surface area (Å²) < 4.78 is 18.9. The smallest absolute Gasteiger partial charge is 0.273 e. The largest absolute Gasteiger partial charge is 0.476 e. The quantitative estimate of drug-likeness (QED) is 0.0876. The van der Waals surface area contributed by atoms with Gasteiger partial charge in [-0.2, -0.15) is 15.3 Å². The third-order valence-electron chi connectivity index (χ3n) is 10.2. The molecule has 1 aliphatic heterocycles. The minimum absolute atomic E-state index is 0.0783. The number of fused-ring (bicyclic) bond motifs is 1. The zero-order valence-electron chi connectivity index (χ0n) is 30.8. The van der Waals surface area contributed by atoms with Crippen LogP contribution in [0.3, 0.4) is 0 Å². The summed E-state index contributed by atoms with van der Waals surface area (Å²) in [6, 6.07) is 6.40. The monoisotopic (exact) mass is 797 g/mol. The first-order valence-corrected chi connectivity index (χ1v) is 20.9. The number of benzene rings is 1. The molecule has 3 aromatic heterocycles. The lowest BCUT2D eigenvalue weighted by Crippen LogP contribution is -2.43. The van der Waals surface area contributed by atoms with E-state index in [4.69, 9.17) is 14.6 Å². The maximum absolute atomic E-state index is 13.3. The van der Waals surface area contributed by atoms with Gasteiger partial charge in [-0.05, 0) is 82.6 Å². The highest BCUT2D eigenvalue weighted by Crippen LogP contribution is 2.41. The van der Waals surface area contributed by atoms with Crippen molar-refractivity contribution < 1.29 is 14.3 Å². The van der Waals surface area contributed by atoms with Gasteiger partial charge in [0.1, 0.15) is 26.1 Å². The molecule has 0 radical (unpaired) electrons. The number of halogens is 1. The van der Waals surface area contributed by atoms with E-state index in [9.17, 15) is 4.79 Å². The van der Waals surface area contributed by atoms with Gasteiger partial charge in [0.05, 0.1) is 33.1 Å². The van der Waals surface area contributed by atoms with Crippen LogP contribution in [-0.2, 0) is 25.3 Å². The van der Waals surface area contributed by atoms with Gasteiger partial charge >= 0.3 is 0 Å². The van der Waals surface area contributed by atoms with Crippen molar-refractivity contribution in [3.8, 4) is 28.5 Å². The van der Waals surface area contributed by atoms with Crippen molar-refractivity contribution in [3.05, 3.63) is 45.0 Å². The average molecular weight is 798 g/mol. The molecule has 5 rings (SSSR count). The number of aryl methyl sites for hydroxylation is 3. The Hall–Kier alpha value is -3.15. The SMILES string of the molecule is CCc1nn(C)c(C(=O)N(C)CCOc2c(-c3ccc4c(c3)c(C#C[Si](C(C)C)(C(C)C)C(C)C)nn4C3CCCCO3)cnn2C)c1I. The summed E-state index contributed by atoms with van der Waals surface area (Å²) in [6.07, 6.45) is 5.65. The Morgan fingerprint density at radius 3 is 2.43 bits per heavy atom. The fourth-order valence-electron chi connectivity index (χ4n) is 7.51. The second kappa shape index (κ2) is 15.4. The van der Waals surface area contributed by atoms with E-state index in [1.807, 2.05) is 31.9 Å². The van der Waals surface area contributed by atoms with Crippen LogP contribution in [0.2, 0.25) is 16.6 Å². The summed E-state index contributed by atoms with van der Waals surface area (Å²) in [5, 5.41) is 15.2. The Morgan fingerprint density at radius 2 is 1.82 bits per heavy atom. The van der Waals surface area contributed by atoms with Crippen molar-refractivity contribution in [3.63, 3.8) is 0 Å². The molecule has 0 saturated carbocycles. The van der Waals surface area contributed by atoms with E-state index in [1.54, 1.807) is 21.3 Å². The van der Waals surface area contributed by atoms with Crippen molar-refractivity contribution in [2.75, 3.05) is 26.8 Å². The van der Waals surface area contributed by atoms with Gasteiger partial charge in [0.2, 0.25) is 5.88 Å². The van der Waals surface area contributed by atoms with Gasteiger partial charge in [0.25, 0.3) is 5.91 Å². The van der Waals surface area contributed by atoms with Crippen molar-refractivity contribution in [1.29, 1.82) is 0 Å². The Balaban J connectivity index is 1.47. The highest BCUT2D eigenvalue weighted by atomic mass is 127. The number of hydrogen-bond donors (Lipinski definition) is 0. The Bertz CT molecular complexity index is 1830. The third-order valence-corrected chi connectivity index (χ3v) is 17.6. The first-order valence-electron chi connectivity index (χ1n) is 17.6. The van der Waals surface area contributed by atoms with Crippen LogP contribution in [-0.4, -0.2) is 75.0 Å². The minimum Gasteiger partial charge on any atom is -0.476 e. The molecular weight excluding hydrogens is 745 g/mol. The Morgan fingerprint density at radius 1 is 1.10 bits per heavy atom. The Labute approximate surface area is 306 Å². The Kier molecular flexibility index (Phi) is 11.7. The van der Waals surface area contributed by atoms with Crippen molar-refractivity contribution >= 4 is 47.5 Å². The molecule has 49 heavy (non-hydrogen) atoms. The minimum atomic E-state index is -1.98. The molecule has 0 N–H and O–H groups in total. The van der Waals surface area contributed by atoms with Crippen LogP contribution in [0.4, 0.5) is 0 Å². The lowest BCUT2D eigenvalue weighted by Gasteiger charge is -2.38. The second-order valence-electron chi connectivity index (χ2n) is 14.1. The number of amides is 1. The predicted molar refractivity (Wildman–Crippen MR) is 206 cm³/mol. The van der Waals surface area contributed by atoms with Crippen LogP contribution >= 0.6 is 22.6 Å². The van der Waals surface area contributed by atoms with E-state index in [2.05, 4.69) is 104 Å². The normalized spacial score (nSPS) is 15.3. The number of aromatic nitrogens is 6. The van der Waals surface area contributed by atoms with Gasteiger partial charge in [-0.15, -0.1) is 5.54 Å². The molecule has 10 nitrogen and oxygen atoms in total. The number of ether oxygens (including phenoxy) is 2. The van der Waals surface area contributed by atoms with E-state index < -0.39 is 8.07 Å². The maximum atomic E-state index is 13.3. The molecule has 1 aliphatic rings. The zero-order chi connectivity index (χ0) is 35.6. The van der Waals surface area contributed by atoms with Crippen molar-refractivity contribution in [2.24, 2.45) is 14.1 Å². The summed E-state index contributed by atoms with van der Waals surface area (Å²) >= 11 is 2.22. The number of likely N-dealkylation sites (N-methyl/N-ethyl adjacent to an activating group) is 1. The number of carbonyl (C=O) groups is 1. The summed E-state index contributed by atoms with van der Waals surface area (Å²) in [6.45, 7) is 17.5. The molecule has 4 heterocycles. The van der Waals surface area contributed by atoms with Gasteiger partial charge in [-0.3, -0.25) is 9.48 Å². The third kappa shape index (κ3) is 7.21. The first kappa shape index (κ1) is 37.1. The molecule has 1 atom stereocenters. The molecule has 1 unspecified atom stereocenters. The van der Waals surface area contributed by atoms with Gasteiger partial charge < -0.3 is 14.4 Å². The number of carbonyl (C=O) groups excluding carboxylic acids is 1. The fraction of sp³-hybridized carbons (Fsp3) is 0.568. The summed E-state index contributed by atoms with van der Waals surface area (Å²) in [4.78, 5) is 15.0. The summed E-state index contributed by atoms with van der Waals surface area (Å²) in [5.74, 6) is 4.21. The van der Waals surface area contributed by atoms with E-state index >= 15 is 0 Å². The highest BCUT2D eigenvalue weighted by Gasteiger charge is 2.42. The van der Waals surface area contributed by atoms with Crippen LogP contribution in [0.15, 0.2) is 24.4 Å². The molecule has 264 valence electrons. The molecule has 0 spiro atoms. The highest BCUT2D eigenvalue weighted by molar-refractivity contribution is 14.1. The first-order chi connectivity index (χ1) is 23.3. The molecule has 1 saturated heterocycles. The van der Waals surface area contributed by atoms with Crippen LogP contribution in [0, 0.1) is 15.0 Å². The van der Waals surface area contributed by atoms with E-state index in [0.29, 0.717) is 41.3 Å². The molecule has 0 bridgehead atoms. The zero-order valence-corrected chi connectivity index (χ0v) is 34.0. The molecule has 0 aliphatic carbocycles. The number of rotatable bonds is 11. The summed E-state index contributed by atoms with van der Waals surface area (Å²) in [5.41, 5.74) is 10.7. The van der Waals surface area contributed by atoms with Gasteiger partial charge in [0, 0.05) is 33.1 Å². The van der Waals surface area contributed by atoms with Gasteiger partial charge in [0.15, 0.2) is 6.23 Å². The van der Waals surface area contributed by atoms with Crippen molar-refractivity contribution in [1.82, 2.24) is 34.2 Å². The standard InChI is InChI=1S/C37H52IN7O3Si/c1-11-30-34(38)35(43(9)40-30)36(46)42(8)18-20-48-37-29(23-39-44(37)10)27-15-16-32-28(22-27)31(41-45(32)33-14-12-13-19-47-33)17-21-49(24(2)3,25(4)5)26(6)7/h15-16,22-26,33H,11-14,18-20H2,1-10H3. The molecule has 1 aromatic carbocycles. The predicted octanol–water partition coefficient (Wildman–Crippen LogP) is 7.76. The lowest BCUT2D eigenvalue weighted by atomic mass is 10.1. The van der Waals surface area contributed by atoms with Crippen molar-refractivity contribution in [2.45, 2.75) is 97.0 Å². The topological polar surface area (TPSA) is 92.2 Å². The maximum Gasteiger partial charge on any atom is 0.273 e. The molecule has 1 fully saturated rings. The lowest BCUT2D eigenvalue weighted by molar-refractivity contribution is -0.0367. The fourth-order valence-corrected chi connectivity index (χ4v) is 13.8. The average Bonchev–Trinajstić information content (AvgIpc) is 3.72. The summed E-state index contributed by atoms with van der Waals surface area (Å²) in [7, 11) is 3.51. The molecule has 12 heteroatoms. The van der Waals surface area contributed by atoms with Crippen LogP contribution < -0.4 is 4.74 Å². The van der Waals surface area contributed by atoms with Gasteiger partial charge in [-0.1, -0.05) is 60.5 Å². The molecule has 4 aromatic rings.